The molecule has 4 rings (SSSR count). The summed E-state index contributed by atoms with van der Waals surface area (Å²) >= 11 is 0. The predicted molar refractivity (Wildman–Crippen MR) is 92.8 cm³/mol. The Labute approximate surface area is 149 Å². The van der Waals surface area contributed by atoms with Crippen molar-refractivity contribution in [1.82, 2.24) is 20.1 Å². The molecule has 0 amide bonds. The first-order valence-electron chi connectivity index (χ1n) is 8.53. The Kier molecular flexibility index (Phi) is 3.99. The molecule has 0 aliphatic carbocycles. The van der Waals surface area contributed by atoms with E-state index in [0.29, 0.717) is 12.1 Å². The van der Waals surface area contributed by atoms with E-state index in [1.54, 1.807) is 12.4 Å². The average molecular weight is 360 g/mol. The van der Waals surface area contributed by atoms with Gasteiger partial charge in [0.1, 0.15) is 0 Å². The van der Waals surface area contributed by atoms with Gasteiger partial charge in [-0.15, -0.1) is 0 Å². The maximum Gasteiger partial charge on any atom is 0.401 e. The molecule has 3 aromatic rings. The fourth-order valence-corrected chi connectivity index (χ4v) is 3.85. The van der Waals surface area contributed by atoms with Crippen molar-refractivity contribution >= 4 is 10.9 Å². The number of rotatable bonds is 2. The molecule has 1 aromatic carbocycles. The minimum absolute atomic E-state index is 0.266. The van der Waals surface area contributed by atoms with Gasteiger partial charge in [-0.25, -0.2) is 0 Å². The molecule has 1 aliphatic rings. The summed E-state index contributed by atoms with van der Waals surface area (Å²) in [6.45, 7) is 2.79. The predicted octanol–water partition coefficient (Wildman–Crippen LogP) is 4.16. The van der Waals surface area contributed by atoms with Crippen molar-refractivity contribution in [2.45, 2.75) is 38.5 Å². The van der Waals surface area contributed by atoms with Crippen molar-refractivity contribution < 1.29 is 13.2 Å². The van der Waals surface area contributed by atoms with Gasteiger partial charge in [-0.2, -0.15) is 18.3 Å². The largest absolute Gasteiger partial charge is 0.401 e. The number of aromatic nitrogens is 3. The third-order valence-electron chi connectivity index (χ3n) is 5.04. The number of hydrogen-bond donors (Lipinski definition) is 1. The number of aromatic amines is 1. The van der Waals surface area contributed by atoms with E-state index >= 15 is 0 Å². The molecule has 0 radical (unpaired) electrons. The van der Waals surface area contributed by atoms with E-state index in [-0.39, 0.29) is 6.04 Å². The zero-order chi connectivity index (χ0) is 18.5. The normalized spacial score (nSPS) is 21.1. The molecule has 2 atom stereocenters. The minimum atomic E-state index is -4.27. The highest BCUT2D eigenvalue weighted by atomic mass is 19.4. The number of benzene rings is 1. The number of fused-ring (bicyclic) bond motifs is 3. The summed E-state index contributed by atoms with van der Waals surface area (Å²) in [7, 11) is 0. The Hall–Kier alpha value is -2.41. The van der Waals surface area contributed by atoms with Crippen LogP contribution in [0.15, 0.2) is 36.7 Å². The van der Waals surface area contributed by atoms with Gasteiger partial charge in [0.15, 0.2) is 0 Å². The number of nitrogens with zero attached hydrogens (tertiary/aromatic N) is 3. The van der Waals surface area contributed by atoms with Crippen LogP contribution in [0.25, 0.3) is 10.9 Å². The number of hydrogen-bond acceptors (Lipinski definition) is 3. The van der Waals surface area contributed by atoms with Gasteiger partial charge < -0.3 is 0 Å². The van der Waals surface area contributed by atoms with E-state index in [1.807, 2.05) is 38.1 Å². The number of pyridine rings is 1. The van der Waals surface area contributed by atoms with Gasteiger partial charge in [-0.3, -0.25) is 15.0 Å². The third-order valence-corrected chi connectivity index (χ3v) is 5.04. The average Bonchev–Trinajstić information content (AvgIpc) is 3.05. The molecule has 0 spiro atoms. The molecule has 2 aromatic heterocycles. The van der Waals surface area contributed by atoms with Crippen LogP contribution < -0.4 is 0 Å². The van der Waals surface area contributed by atoms with Crippen LogP contribution in [0.3, 0.4) is 0 Å². The molecule has 1 N–H and O–H groups in total. The summed E-state index contributed by atoms with van der Waals surface area (Å²) in [5.74, 6) is 0. The van der Waals surface area contributed by atoms with Crippen molar-refractivity contribution in [1.29, 1.82) is 0 Å². The molecule has 0 saturated heterocycles. The highest BCUT2D eigenvalue weighted by Gasteiger charge is 2.41. The Morgan fingerprint density at radius 1 is 1.19 bits per heavy atom. The van der Waals surface area contributed by atoms with Crippen LogP contribution in [0.1, 0.15) is 35.3 Å². The Morgan fingerprint density at radius 3 is 2.69 bits per heavy atom. The van der Waals surface area contributed by atoms with E-state index in [1.165, 1.54) is 4.90 Å². The lowest BCUT2D eigenvalue weighted by Crippen LogP contribution is -2.47. The van der Waals surface area contributed by atoms with Gasteiger partial charge >= 0.3 is 6.18 Å². The molecule has 3 heterocycles. The molecule has 0 fully saturated rings. The molecule has 0 bridgehead atoms. The third kappa shape index (κ3) is 2.96. The maximum absolute atomic E-state index is 13.3. The van der Waals surface area contributed by atoms with E-state index in [4.69, 9.17) is 0 Å². The lowest BCUT2D eigenvalue weighted by atomic mass is 9.85. The lowest BCUT2D eigenvalue weighted by Gasteiger charge is -2.42. The summed E-state index contributed by atoms with van der Waals surface area (Å²) in [6, 6.07) is 6.70. The molecule has 26 heavy (non-hydrogen) atoms. The summed E-state index contributed by atoms with van der Waals surface area (Å²) in [5.41, 5.74) is 4.43. The van der Waals surface area contributed by atoms with Crippen LogP contribution in [-0.4, -0.2) is 38.8 Å². The topological polar surface area (TPSA) is 44.8 Å². The molecule has 0 unspecified atom stereocenters. The second-order valence-electron chi connectivity index (χ2n) is 6.97. The zero-order valence-corrected chi connectivity index (χ0v) is 14.5. The summed E-state index contributed by atoms with van der Waals surface area (Å²) in [5, 5.41) is 8.00. The van der Waals surface area contributed by atoms with Crippen molar-refractivity contribution in [3.63, 3.8) is 0 Å². The number of nitrogens with one attached hydrogen (secondary N) is 1. The smallest absolute Gasteiger partial charge is 0.279 e. The second kappa shape index (κ2) is 6.09. The lowest BCUT2D eigenvalue weighted by molar-refractivity contribution is -0.155. The number of alkyl halides is 3. The van der Waals surface area contributed by atoms with Crippen LogP contribution in [-0.2, 0) is 6.42 Å². The van der Waals surface area contributed by atoms with Gasteiger partial charge in [0.05, 0.1) is 30.0 Å². The quantitative estimate of drug-likeness (QED) is 0.746. The Bertz CT molecular complexity index is 930. The zero-order valence-electron chi connectivity index (χ0n) is 14.5. The van der Waals surface area contributed by atoms with Gasteiger partial charge in [-0.05, 0) is 49.1 Å². The van der Waals surface area contributed by atoms with E-state index in [9.17, 15) is 13.2 Å². The molecule has 1 aliphatic heterocycles. The van der Waals surface area contributed by atoms with Crippen LogP contribution in [0.2, 0.25) is 0 Å². The van der Waals surface area contributed by atoms with Crippen molar-refractivity contribution in [2.24, 2.45) is 0 Å². The van der Waals surface area contributed by atoms with Gasteiger partial charge in [-0.1, -0.05) is 12.1 Å². The first-order chi connectivity index (χ1) is 12.3. The van der Waals surface area contributed by atoms with Crippen molar-refractivity contribution in [3.05, 3.63) is 59.0 Å². The SMILES string of the molecule is Cc1ccc([C@@H]2c3ccc4[nH]ncc4c3C[C@@H](C)N2CC(F)(F)F)nc1. The molecule has 7 heteroatoms. The standard InChI is InChI=1S/C19H19F3N4/c1-11-3-5-17(23-8-11)18-13-4-6-16-15(9-24-25-16)14(13)7-12(2)26(18)10-19(20,21)22/h3-6,8-9,12,18H,7,10H2,1-2H3,(H,24,25)/t12-,18+/m1/s1. The fraction of sp³-hybridized carbons (Fsp3) is 0.368. The van der Waals surface area contributed by atoms with Gasteiger partial charge in [0, 0.05) is 17.6 Å². The van der Waals surface area contributed by atoms with Crippen molar-refractivity contribution in [3.8, 4) is 0 Å². The Balaban J connectivity index is 1.89. The number of aryl methyl sites for hydroxylation is 1. The minimum Gasteiger partial charge on any atom is -0.279 e. The fourth-order valence-electron chi connectivity index (χ4n) is 3.85. The highest BCUT2D eigenvalue weighted by molar-refractivity contribution is 5.83. The molecule has 136 valence electrons. The molecule has 4 nitrogen and oxygen atoms in total. The molecule has 0 saturated carbocycles. The van der Waals surface area contributed by atoms with Crippen LogP contribution in [0, 0.1) is 6.92 Å². The van der Waals surface area contributed by atoms with E-state index in [0.717, 1.165) is 27.6 Å². The van der Waals surface area contributed by atoms with Crippen LogP contribution in [0.5, 0.6) is 0 Å². The highest BCUT2D eigenvalue weighted by Crippen LogP contribution is 2.41. The summed E-state index contributed by atoms with van der Waals surface area (Å²) in [6.07, 6.45) is -0.268. The Morgan fingerprint density at radius 2 is 2.00 bits per heavy atom. The van der Waals surface area contributed by atoms with Crippen molar-refractivity contribution in [2.75, 3.05) is 6.54 Å². The second-order valence-corrected chi connectivity index (χ2v) is 6.97. The summed E-state index contributed by atoms with van der Waals surface area (Å²) in [4.78, 5) is 5.96. The molecular formula is C19H19F3N4. The number of halogens is 3. The maximum atomic E-state index is 13.3. The number of H-pyrrole nitrogens is 1. The first-order valence-corrected chi connectivity index (χ1v) is 8.53. The first kappa shape index (κ1) is 17.0. The van der Waals surface area contributed by atoms with E-state index < -0.39 is 18.8 Å². The monoisotopic (exact) mass is 360 g/mol. The summed E-state index contributed by atoms with van der Waals surface area (Å²) < 4.78 is 39.8. The van der Waals surface area contributed by atoms with Crippen LogP contribution >= 0.6 is 0 Å². The van der Waals surface area contributed by atoms with Crippen LogP contribution in [0.4, 0.5) is 13.2 Å². The molecular weight excluding hydrogens is 341 g/mol. The van der Waals surface area contributed by atoms with Gasteiger partial charge in [0.25, 0.3) is 0 Å². The van der Waals surface area contributed by atoms with Gasteiger partial charge in [0.2, 0.25) is 0 Å². The van der Waals surface area contributed by atoms with E-state index in [2.05, 4.69) is 15.2 Å².